The second kappa shape index (κ2) is 6.97. The molecule has 0 saturated carbocycles. The lowest BCUT2D eigenvalue weighted by Gasteiger charge is -2.33. The monoisotopic (exact) mass is 300 g/mol. The van der Waals surface area contributed by atoms with Gasteiger partial charge in [0.15, 0.2) is 0 Å². The molecule has 0 aliphatic carbocycles. The fourth-order valence-corrected chi connectivity index (χ4v) is 2.27. The van der Waals surface area contributed by atoms with Crippen molar-refractivity contribution in [2.75, 3.05) is 32.7 Å². The van der Waals surface area contributed by atoms with Crippen molar-refractivity contribution in [1.29, 1.82) is 0 Å². The zero-order valence-corrected chi connectivity index (χ0v) is 14.5. The van der Waals surface area contributed by atoms with Crippen molar-refractivity contribution >= 4 is 6.09 Å². The summed E-state index contributed by atoms with van der Waals surface area (Å²) in [5, 5.41) is 10.4. The number of nitrogens with zero attached hydrogens (tertiary/aromatic N) is 2. The molecule has 1 unspecified atom stereocenters. The highest BCUT2D eigenvalue weighted by Crippen LogP contribution is 2.19. The van der Waals surface area contributed by atoms with Crippen LogP contribution in [0.25, 0.3) is 0 Å². The van der Waals surface area contributed by atoms with Crippen LogP contribution >= 0.6 is 0 Å². The Morgan fingerprint density at radius 1 is 1.14 bits per heavy atom. The highest BCUT2D eigenvalue weighted by atomic mass is 16.6. The zero-order valence-electron chi connectivity index (χ0n) is 14.5. The third-order valence-corrected chi connectivity index (χ3v) is 4.03. The molecule has 1 aliphatic rings. The average molecular weight is 300 g/mol. The van der Waals surface area contributed by atoms with Crippen molar-refractivity contribution < 1.29 is 14.6 Å². The lowest BCUT2D eigenvalue weighted by molar-refractivity contribution is -0.0181. The van der Waals surface area contributed by atoms with Crippen LogP contribution in [0.3, 0.4) is 0 Å². The summed E-state index contributed by atoms with van der Waals surface area (Å²) in [6.45, 7) is 15.3. The van der Waals surface area contributed by atoms with E-state index >= 15 is 0 Å². The van der Waals surface area contributed by atoms with Crippen LogP contribution in [0.4, 0.5) is 4.79 Å². The van der Waals surface area contributed by atoms with Crippen molar-refractivity contribution in [1.82, 2.24) is 9.80 Å². The van der Waals surface area contributed by atoms with E-state index in [1.54, 1.807) is 4.90 Å². The van der Waals surface area contributed by atoms with E-state index in [9.17, 15) is 9.90 Å². The van der Waals surface area contributed by atoms with Crippen molar-refractivity contribution in [2.24, 2.45) is 5.92 Å². The molecule has 5 nitrogen and oxygen atoms in total. The first-order chi connectivity index (χ1) is 9.51. The molecule has 5 heteroatoms. The molecular weight excluding hydrogens is 268 g/mol. The predicted molar refractivity (Wildman–Crippen MR) is 84.3 cm³/mol. The fraction of sp³-hybridized carbons (Fsp3) is 0.938. The summed E-state index contributed by atoms with van der Waals surface area (Å²) in [5.41, 5.74) is -1.15. The molecule has 124 valence electrons. The van der Waals surface area contributed by atoms with Gasteiger partial charge < -0.3 is 14.7 Å². The van der Waals surface area contributed by atoms with E-state index in [1.807, 2.05) is 41.5 Å². The van der Waals surface area contributed by atoms with Gasteiger partial charge in [-0.25, -0.2) is 4.79 Å². The summed E-state index contributed by atoms with van der Waals surface area (Å²) in [5.74, 6) is 0.211. The van der Waals surface area contributed by atoms with Crippen LogP contribution in [0.15, 0.2) is 0 Å². The van der Waals surface area contributed by atoms with E-state index < -0.39 is 11.2 Å². The molecule has 1 rings (SSSR count). The molecule has 1 amide bonds. The molecule has 21 heavy (non-hydrogen) atoms. The summed E-state index contributed by atoms with van der Waals surface area (Å²) in [6, 6.07) is 0. The number of ether oxygens (including phenoxy) is 1. The van der Waals surface area contributed by atoms with Gasteiger partial charge in [0, 0.05) is 32.7 Å². The van der Waals surface area contributed by atoms with E-state index in [4.69, 9.17) is 4.74 Å². The number of β-amino-alcohol motifs (C(OH)–C–C–N with tert-alkyl or cyclic N) is 1. The number of hydrogen-bond acceptors (Lipinski definition) is 4. The second-order valence-electron chi connectivity index (χ2n) is 7.61. The van der Waals surface area contributed by atoms with Crippen LogP contribution < -0.4 is 0 Å². The van der Waals surface area contributed by atoms with Gasteiger partial charge in [-0.3, -0.25) is 4.90 Å². The van der Waals surface area contributed by atoms with Crippen LogP contribution in [-0.2, 0) is 4.74 Å². The van der Waals surface area contributed by atoms with Gasteiger partial charge in [-0.15, -0.1) is 0 Å². The topological polar surface area (TPSA) is 53.0 Å². The van der Waals surface area contributed by atoms with Crippen LogP contribution in [0, 0.1) is 5.92 Å². The minimum Gasteiger partial charge on any atom is -0.444 e. The number of carbonyl (C=O) groups is 1. The predicted octanol–water partition coefficient (Wildman–Crippen LogP) is 2.34. The summed E-state index contributed by atoms with van der Waals surface area (Å²) in [4.78, 5) is 16.1. The zero-order chi connectivity index (χ0) is 16.3. The maximum absolute atomic E-state index is 12.1. The molecule has 1 saturated heterocycles. The largest absolute Gasteiger partial charge is 0.444 e. The Bertz CT molecular complexity index is 348. The third-order valence-electron chi connectivity index (χ3n) is 4.03. The molecule has 1 atom stereocenters. The number of aliphatic hydroxyl groups is 1. The maximum atomic E-state index is 12.1. The number of amides is 1. The summed E-state index contributed by atoms with van der Waals surface area (Å²) in [7, 11) is 0. The van der Waals surface area contributed by atoms with E-state index in [0.29, 0.717) is 13.1 Å². The normalized spacial score (nSPS) is 21.0. The van der Waals surface area contributed by atoms with E-state index in [0.717, 1.165) is 26.1 Å². The van der Waals surface area contributed by atoms with Gasteiger partial charge in [-0.2, -0.15) is 0 Å². The molecule has 0 aromatic carbocycles. The van der Waals surface area contributed by atoms with Gasteiger partial charge in [0.1, 0.15) is 5.60 Å². The first-order valence-corrected chi connectivity index (χ1v) is 7.94. The second-order valence-corrected chi connectivity index (χ2v) is 7.61. The van der Waals surface area contributed by atoms with Crippen LogP contribution in [0.5, 0.6) is 0 Å². The quantitative estimate of drug-likeness (QED) is 0.869. The average Bonchev–Trinajstić information content (AvgIpc) is 2.51. The van der Waals surface area contributed by atoms with Crippen molar-refractivity contribution in [3.05, 3.63) is 0 Å². The molecule has 0 bridgehead atoms. The van der Waals surface area contributed by atoms with Crippen molar-refractivity contribution in [2.45, 2.75) is 59.2 Å². The minimum atomic E-state index is -0.693. The van der Waals surface area contributed by atoms with Crippen LogP contribution in [0.1, 0.15) is 48.0 Å². The Kier molecular flexibility index (Phi) is 6.05. The van der Waals surface area contributed by atoms with Gasteiger partial charge in [0.25, 0.3) is 0 Å². The number of rotatable bonds is 3. The minimum absolute atomic E-state index is 0.211. The van der Waals surface area contributed by atoms with E-state index in [-0.39, 0.29) is 12.0 Å². The Labute approximate surface area is 129 Å². The highest BCUT2D eigenvalue weighted by molar-refractivity contribution is 5.68. The van der Waals surface area contributed by atoms with E-state index in [2.05, 4.69) is 4.90 Å². The van der Waals surface area contributed by atoms with Gasteiger partial charge in [0.2, 0.25) is 0 Å². The molecule has 1 aliphatic heterocycles. The van der Waals surface area contributed by atoms with Gasteiger partial charge in [-0.1, -0.05) is 13.8 Å². The smallest absolute Gasteiger partial charge is 0.410 e. The Balaban J connectivity index is 2.53. The maximum Gasteiger partial charge on any atom is 0.410 e. The summed E-state index contributed by atoms with van der Waals surface area (Å²) >= 11 is 0. The molecule has 0 radical (unpaired) electrons. The van der Waals surface area contributed by atoms with Gasteiger partial charge in [0.05, 0.1) is 5.60 Å². The first kappa shape index (κ1) is 18.2. The Hall–Kier alpha value is -0.810. The summed E-state index contributed by atoms with van der Waals surface area (Å²) < 4.78 is 5.43. The number of hydrogen-bond donors (Lipinski definition) is 1. The molecule has 1 N–H and O–H groups in total. The highest BCUT2D eigenvalue weighted by Gasteiger charge is 2.30. The molecule has 0 aromatic heterocycles. The lowest BCUT2D eigenvalue weighted by atomic mass is 9.92. The molecule has 1 heterocycles. The Morgan fingerprint density at radius 3 is 2.29 bits per heavy atom. The van der Waals surface area contributed by atoms with E-state index in [1.165, 1.54) is 0 Å². The lowest BCUT2D eigenvalue weighted by Crippen LogP contribution is -2.46. The van der Waals surface area contributed by atoms with Crippen molar-refractivity contribution in [3.8, 4) is 0 Å². The molecule has 0 spiro atoms. The third kappa shape index (κ3) is 6.22. The fourth-order valence-electron chi connectivity index (χ4n) is 2.27. The number of carbonyl (C=O) groups excluding carboxylic acids is 1. The molecular formula is C16H32N2O3. The van der Waals surface area contributed by atoms with Crippen molar-refractivity contribution in [3.63, 3.8) is 0 Å². The Morgan fingerprint density at radius 2 is 1.76 bits per heavy atom. The van der Waals surface area contributed by atoms with Crippen LogP contribution in [0.2, 0.25) is 0 Å². The summed E-state index contributed by atoms with van der Waals surface area (Å²) in [6.07, 6.45) is 0.674. The first-order valence-electron chi connectivity index (χ1n) is 7.94. The SMILES string of the molecule is CC(C)C(C)(O)CN1CCCN(C(=O)OC(C)(C)C)CC1. The van der Waals surface area contributed by atoms with Gasteiger partial charge >= 0.3 is 6.09 Å². The molecule has 1 fully saturated rings. The van der Waals surface area contributed by atoms with Gasteiger partial charge in [-0.05, 0) is 40.0 Å². The standard InChI is InChI=1S/C16H32N2O3/c1-13(2)16(6,20)12-17-8-7-9-18(11-10-17)14(19)21-15(3,4)5/h13,20H,7-12H2,1-6H3. The molecule has 0 aromatic rings. The van der Waals surface area contributed by atoms with Crippen LogP contribution in [-0.4, -0.2) is 64.9 Å².